The van der Waals surface area contributed by atoms with Crippen LogP contribution in [0.4, 0.5) is 4.79 Å². The molecule has 1 aliphatic carbocycles. The van der Waals surface area contributed by atoms with Crippen molar-refractivity contribution in [2.75, 3.05) is 6.54 Å². The van der Waals surface area contributed by atoms with Gasteiger partial charge in [0.25, 0.3) is 5.91 Å². The fourth-order valence-electron chi connectivity index (χ4n) is 3.06. The number of urea groups is 1. The van der Waals surface area contributed by atoms with E-state index in [0.29, 0.717) is 10.6 Å². The number of rotatable bonds is 6. The van der Waals surface area contributed by atoms with E-state index in [4.69, 9.17) is 16.3 Å². The highest BCUT2D eigenvalue weighted by atomic mass is 35.5. The van der Waals surface area contributed by atoms with Crippen molar-refractivity contribution in [2.24, 2.45) is 5.92 Å². The number of carbonyl (C=O) groups is 4. The van der Waals surface area contributed by atoms with Crippen LogP contribution in [0.15, 0.2) is 24.3 Å². The number of nitrogens with one attached hydrogen (secondary N) is 1. The van der Waals surface area contributed by atoms with Crippen molar-refractivity contribution in [1.29, 1.82) is 0 Å². The van der Waals surface area contributed by atoms with E-state index >= 15 is 0 Å². The Morgan fingerprint density at radius 1 is 1.31 bits per heavy atom. The van der Waals surface area contributed by atoms with E-state index in [1.807, 2.05) is 0 Å². The number of esters is 1. The number of carbonyl (C=O) groups excluding carboxylic acids is 4. The van der Waals surface area contributed by atoms with Crippen molar-refractivity contribution < 1.29 is 23.9 Å². The fourth-order valence-corrected chi connectivity index (χ4v) is 3.19. The van der Waals surface area contributed by atoms with Crippen LogP contribution in [-0.2, 0) is 14.3 Å². The third-order valence-electron chi connectivity index (χ3n) is 4.79. The Balaban J connectivity index is 1.60. The monoisotopic (exact) mass is 378 g/mol. The number of hydrogen-bond acceptors (Lipinski definition) is 5. The average molecular weight is 379 g/mol. The highest BCUT2D eigenvalue weighted by Gasteiger charge is 2.56. The van der Waals surface area contributed by atoms with E-state index < -0.39 is 41.9 Å². The van der Waals surface area contributed by atoms with Crippen LogP contribution in [0.2, 0.25) is 5.02 Å². The second kappa shape index (κ2) is 6.72. The van der Waals surface area contributed by atoms with Gasteiger partial charge in [-0.25, -0.2) is 4.79 Å². The summed E-state index contributed by atoms with van der Waals surface area (Å²) in [5.41, 5.74) is -0.603. The highest BCUT2D eigenvalue weighted by molar-refractivity contribution is 6.30. The molecule has 0 bridgehead atoms. The van der Waals surface area contributed by atoms with Crippen LogP contribution in [0.25, 0.3) is 0 Å². The smallest absolute Gasteiger partial charge is 0.326 e. The van der Waals surface area contributed by atoms with Crippen LogP contribution < -0.4 is 5.32 Å². The number of nitrogens with zero attached hydrogens (tertiary/aromatic N) is 1. The predicted molar refractivity (Wildman–Crippen MR) is 92.7 cm³/mol. The number of ether oxygens (including phenoxy) is 1. The van der Waals surface area contributed by atoms with E-state index in [1.54, 1.807) is 19.1 Å². The molecule has 1 saturated heterocycles. The minimum absolute atomic E-state index is 0.102. The van der Waals surface area contributed by atoms with Crippen LogP contribution in [-0.4, -0.2) is 46.8 Å². The number of imide groups is 1. The van der Waals surface area contributed by atoms with Gasteiger partial charge in [0.15, 0.2) is 6.10 Å². The molecule has 26 heavy (non-hydrogen) atoms. The summed E-state index contributed by atoms with van der Waals surface area (Å²) in [6.07, 6.45) is 0.695. The molecule has 2 fully saturated rings. The van der Waals surface area contributed by atoms with Gasteiger partial charge in [-0.05, 0) is 56.9 Å². The lowest BCUT2D eigenvalue weighted by molar-refractivity contribution is -0.150. The molecule has 8 heteroatoms. The van der Waals surface area contributed by atoms with Gasteiger partial charge in [0.1, 0.15) is 12.1 Å². The van der Waals surface area contributed by atoms with E-state index in [1.165, 1.54) is 19.1 Å². The molecule has 0 unspecified atom stereocenters. The van der Waals surface area contributed by atoms with Crippen LogP contribution in [0.5, 0.6) is 0 Å². The summed E-state index contributed by atoms with van der Waals surface area (Å²) in [7, 11) is 0. The molecule has 1 aromatic rings. The van der Waals surface area contributed by atoms with Gasteiger partial charge in [-0.15, -0.1) is 0 Å². The molecule has 1 saturated carbocycles. The number of benzene rings is 1. The van der Waals surface area contributed by atoms with Crippen LogP contribution in [0.1, 0.15) is 37.0 Å². The first-order valence-corrected chi connectivity index (χ1v) is 8.73. The Morgan fingerprint density at radius 3 is 2.50 bits per heavy atom. The molecule has 138 valence electrons. The summed E-state index contributed by atoms with van der Waals surface area (Å²) in [5, 5.41) is 3.14. The molecule has 1 aliphatic heterocycles. The average Bonchev–Trinajstić information content (AvgIpc) is 3.41. The molecule has 1 aromatic carbocycles. The molecule has 0 spiro atoms. The van der Waals surface area contributed by atoms with Gasteiger partial charge in [0, 0.05) is 10.6 Å². The Hall–Kier alpha value is -2.41. The molecule has 2 aliphatic rings. The maximum absolute atomic E-state index is 12.5. The topological polar surface area (TPSA) is 92.8 Å². The summed E-state index contributed by atoms with van der Waals surface area (Å²) in [6.45, 7) is 2.59. The maximum Gasteiger partial charge on any atom is 0.326 e. The van der Waals surface area contributed by atoms with E-state index in [-0.39, 0.29) is 5.92 Å². The Kier molecular flexibility index (Phi) is 4.75. The minimum atomic E-state index is -1.04. The van der Waals surface area contributed by atoms with Crippen molar-refractivity contribution >= 4 is 35.3 Å². The Morgan fingerprint density at radius 2 is 1.92 bits per heavy atom. The number of halogens is 1. The van der Waals surface area contributed by atoms with Gasteiger partial charge < -0.3 is 10.1 Å². The maximum atomic E-state index is 12.5. The largest absolute Gasteiger partial charge is 0.453 e. The molecule has 3 amide bonds. The Labute approximate surface area is 155 Å². The standard InChI is InChI=1S/C18H19ClN2O5/c1-10(15(23)11-3-7-13(19)8-4-11)26-14(22)9-21-16(24)18(2,12-5-6-12)20-17(21)25/h3-4,7-8,10,12H,5-6,9H2,1-2H3,(H,20,25)/t10-,18-/m1/s1. The molecule has 7 nitrogen and oxygen atoms in total. The van der Waals surface area contributed by atoms with E-state index in [2.05, 4.69) is 5.32 Å². The van der Waals surface area contributed by atoms with Gasteiger partial charge in [-0.2, -0.15) is 0 Å². The molecule has 0 radical (unpaired) electrons. The number of amides is 3. The van der Waals surface area contributed by atoms with Crippen LogP contribution >= 0.6 is 11.6 Å². The molecular formula is C18H19ClN2O5. The van der Waals surface area contributed by atoms with Crippen molar-refractivity contribution in [3.8, 4) is 0 Å². The quantitative estimate of drug-likeness (QED) is 0.465. The molecule has 3 rings (SSSR count). The molecule has 1 heterocycles. The lowest BCUT2D eigenvalue weighted by atomic mass is 9.96. The predicted octanol–water partition coefficient (Wildman–Crippen LogP) is 2.17. The zero-order valence-corrected chi connectivity index (χ0v) is 15.2. The minimum Gasteiger partial charge on any atom is -0.453 e. The summed E-state index contributed by atoms with van der Waals surface area (Å²) in [4.78, 5) is 49.8. The Bertz CT molecular complexity index is 774. The summed E-state index contributed by atoms with van der Waals surface area (Å²) < 4.78 is 5.10. The van der Waals surface area contributed by atoms with Crippen molar-refractivity contribution in [3.63, 3.8) is 0 Å². The van der Waals surface area contributed by atoms with Gasteiger partial charge in [-0.3, -0.25) is 19.3 Å². The first kappa shape index (κ1) is 18.4. The zero-order valence-electron chi connectivity index (χ0n) is 14.5. The van der Waals surface area contributed by atoms with Crippen molar-refractivity contribution in [1.82, 2.24) is 10.2 Å². The van der Waals surface area contributed by atoms with Crippen LogP contribution in [0.3, 0.4) is 0 Å². The zero-order chi connectivity index (χ0) is 19.1. The third kappa shape index (κ3) is 3.44. The number of ketones is 1. The van der Waals surface area contributed by atoms with Crippen molar-refractivity contribution in [3.05, 3.63) is 34.9 Å². The number of hydrogen-bond donors (Lipinski definition) is 1. The molecule has 2 atom stereocenters. The third-order valence-corrected chi connectivity index (χ3v) is 5.04. The van der Waals surface area contributed by atoms with E-state index in [0.717, 1.165) is 17.7 Å². The second-order valence-corrected chi connectivity index (χ2v) is 7.24. The fraction of sp³-hybridized carbons (Fsp3) is 0.444. The lowest BCUT2D eigenvalue weighted by Crippen LogP contribution is -2.46. The SMILES string of the molecule is C[C@@H](OC(=O)CN1C(=O)N[C@](C)(C2CC2)C1=O)C(=O)c1ccc(Cl)cc1. The summed E-state index contributed by atoms with van der Waals surface area (Å²) >= 11 is 5.78. The molecule has 0 aromatic heterocycles. The normalized spacial score (nSPS) is 23.6. The van der Waals surface area contributed by atoms with Gasteiger partial charge in [0.05, 0.1) is 0 Å². The lowest BCUT2D eigenvalue weighted by Gasteiger charge is -2.21. The highest BCUT2D eigenvalue weighted by Crippen LogP contribution is 2.42. The molecular weight excluding hydrogens is 360 g/mol. The van der Waals surface area contributed by atoms with Crippen molar-refractivity contribution in [2.45, 2.75) is 38.3 Å². The summed E-state index contributed by atoms with van der Waals surface area (Å²) in [6, 6.07) is 5.59. The van der Waals surface area contributed by atoms with E-state index in [9.17, 15) is 19.2 Å². The number of Topliss-reactive ketones (excluding diaryl/α,β-unsaturated/α-hetero) is 1. The molecule has 1 N–H and O–H groups in total. The second-order valence-electron chi connectivity index (χ2n) is 6.80. The first-order valence-electron chi connectivity index (χ1n) is 8.35. The van der Waals surface area contributed by atoms with Gasteiger partial charge in [-0.1, -0.05) is 11.6 Å². The van der Waals surface area contributed by atoms with Crippen LogP contribution in [0, 0.1) is 5.92 Å². The first-order chi connectivity index (χ1) is 12.2. The summed E-state index contributed by atoms with van der Waals surface area (Å²) in [5.74, 6) is -1.54. The van der Waals surface area contributed by atoms with Gasteiger partial charge >= 0.3 is 12.0 Å². The van der Waals surface area contributed by atoms with Gasteiger partial charge in [0.2, 0.25) is 5.78 Å².